The van der Waals surface area contributed by atoms with Crippen molar-refractivity contribution in [2.75, 3.05) is 33.9 Å². The number of sulfonamides is 1. The summed E-state index contributed by atoms with van der Waals surface area (Å²) in [6.07, 6.45) is 4.91. The fraction of sp³-hybridized carbons (Fsp3) is 0.536. The molecule has 1 aliphatic heterocycles. The molecule has 2 aromatic rings. The molecule has 1 heterocycles. The number of amides is 1. The molecule has 0 radical (unpaired) electrons. The molecule has 1 amide bonds. The Morgan fingerprint density at radius 3 is 2.51 bits per heavy atom. The lowest BCUT2D eigenvalue weighted by Gasteiger charge is -2.37. The van der Waals surface area contributed by atoms with Crippen molar-refractivity contribution in [1.29, 1.82) is 0 Å². The Morgan fingerprint density at radius 1 is 1.10 bits per heavy atom. The van der Waals surface area contributed by atoms with E-state index in [9.17, 15) is 17.6 Å². The molecule has 2 aliphatic rings. The highest BCUT2D eigenvalue weighted by molar-refractivity contribution is 7.89. The van der Waals surface area contributed by atoms with Crippen molar-refractivity contribution >= 4 is 39.1 Å². The maximum Gasteiger partial charge on any atom is 0.246 e. The lowest BCUT2D eigenvalue weighted by atomic mass is 9.78. The second-order valence-corrected chi connectivity index (χ2v) is 13.4. The number of hydrogen-bond donors (Lipinski definition) is 1. The SMILES string of the molecule is CN(C)C(c1cccc(F)c1)C1CCC(NC(=O)COCC2CCCN2S(=O)(=O)c2ccc(Cl)c(Cl)c2)CC1. The van der Waals surface area contributed by atoms with Crippen LogP contribution in [0.3, 0.4) is 0 Å². The van der Waals surface area contributed by atoms with Crippen molar-refractivity contribution in [3.05, 3.63) is 63.9 Å². The summed E-state index contributed by atoms with van der Waals surface area (Å²) in [6, 6.07) is 10.9. The first kappa shape index (κ1) is 30.2. The minimum absolute atomic E-state index is 0.0608. The molecule has 1 saturated heterocycles. The number of ether oxygens (including phenoxy) is 1. The van der Waals surface area contributed by atoms with E-state index in [2.05, 4.69) is 10.2 Å². The molecule has 0 bridgehead atoms. The fourth-order valence-corrected chi connectivity index (χ4v) is 7.95. The third-order valence-electron chi connectivity index (χ3n) is 7.69. The number of nitrogens with zero attached hydrogens (tertiary/aromatic N) is 2. The Balaban J connectivity index is 1.24. The molecule has 1 aliphatic carbocycles. The summed E-state index contributed by atoms with van der Waals surface area (Å²) in [6.45, 7) is 0.398. The van der Waals surface area contributed by atoms with Crippen LogP contribution in [-0.4, -0.2) is 69.5 Å². The Bertz CT molecular complexity index is 1260. The van der Waals surface area contributed by atoms with Crippen LogP contribution in [0.5, 0.6) is 0 Å². The van der Waals surface area contributed by atoms with Gasteiger partial charge < -0.3 is 15.0 Å². The van der Waals surface area contributed by atoms with E-state index >= 15 is 0 Å². The average molecular weight is 601 g/mol. The first-order valence-electron chi connectivity index (χ1n) is 13.3. The van der Waals surface area contributed by atoms with Gasteiger partial charge in [-0.2, -0.15) is 4.31 Å². The van der Waals surface area contributed by atoms with Crippen molar-refractivity contribution in [1.82, 2.24) is 14.5 Å². The molecule has 2 aromatic carbocycles. The van der Waals surface area contributed by atoms with Gasteiger partial charge in [0, 0.05) is 24.7 Å². The van der Waals surface area contributed by atoms with Gasteiger partial charge in [-0.1, -0.05) is 35.3 Å². The number of rotatable bonds is 10. The summed E-state index contributed by atoms with van der Waals surface area (Å²) >= 11 is 12.0. The lowest BCUT2D eigenvalue weighted by molar-refractivity contribution is -0.127. The van der Waals surface area contributed by atoms with E-state index in [1.807, 2.05) is 20.2 Å². The van der Waals surface area contributed by atoms with Gasteiger partial charge in [0.1, 0.15) is 12.4 Å². The average Bonchev–Trinajstić information content (AvgIpc) is 3.36. The number of halogens is 3. The predicted octanol–water partition coefficient (Wildman–Crippen LogP) is 5.28. The zero-order valence-corrected chi connectivity index (χ0v) is 24.6. The normalized spacial score (nSPS) is 23.2. The molecule has 0 aromatic heterocycles. The van der Waals surface area contributed by atoms with E-state index in [-0.39, 0.29) is 53.0 Å². The standard InChI is InChI=1S/C28H36Cl2FN3O4S/c1-33(2)28(20-5-3-6-21(31)15-20)19-8-10-22(11-9-19)32-27(35)18-38-17-23-7-4-14-34(23)39(36,37)24-12-13-25(29)26(30)16-24/h3,5-6,12-13,15-16,19,22-23,28H,4,7-11,14,17-18H2,1-2H3,(H,32,35). The summed E-state index contributed by atoms with van der Waals surface area (Å²) in [4.78, 5) is 14.8. The molecule has 1 N–H and O–H groups in total. The molecule has 2 atom stereocenters. The molecule has 4 rings (SSSR count). The highest BCUT2D eigenvalue weighted by Gasteiger charge is 2.36. The molecule has 11 heteroatoms. The summed E-state index contributed by atoms with van der Waals surface area (Å²) in [7, 11) is 0.276. The summed E-state index contributed by atoms with van der Waals surface area (Å²) < 4.78 is 47.2. The van der Waals surface area contributed by atoms with Crippen LogP contribution in [-0.2, 0) is 19.6 Å². The lowest BCUT2D eigenvalue weighted by Crippen LogP contribution is -2.42. The molecule has 1 saturated carbocycles. The van der Waals surface area contributed by atoms with Crippen molar-refractivity contribution in [2.24, 2.45) is 5.92 Å². The Kier molecular flexibility index (Phi) is 10.3. The summed E-state index contributed by atoms with van der Waals surface area (Å²) in [5.74, 6) is -0.0605. The quantitative estimate of drug-likeness (QED) is 0.402. The number of carbonyl (C=O) groups is 1. The first-order valence-corrected chi connectivity index (χ1v) is 15.5. The van der Waals surface area contributed by atoms with Gasteiger partial charge >= 0.3 is 0 Å². The molecule has 0 spiro atoms. The molecular formula is C28H36Cl2FN3O4S. The van der Waals surface area contributed by atoms with Crippen LogP contribution >= 0.6 is 23.2 Å². The van der Waals surface area contributed by atoms with Crippen molar-refractivity contribution < 1.29 is 22.3 Å². The van der Waals surface area contributed by atoms with Crippen LogP contribution < -0.4 is 5.32 Å². The van der Waals surface area contributed by atoms with Crippen LogP contribution in [0.1, 0.15) is 50.1 Å². The largest absolute Gasteiger partial charge is 0.370 e. The highest BCUT2D eigenvalue weighted by atomic mass is 35.5. The molecule has 7 nitrogen and oxygen atoms in total. The van der Waals surface area contributed by atoms with E-state index < -0.39 is 10.0 Å². The second-order valence-electron chi connectivity index (χ2n) is 10.6. The number of hydrogen-bond acceptors (Lipinski definition) is 5. The summed E-state index contributed by atoms with van der Waals surface area (Å²) in [5, 5.41) is 3.54. The van der Waals surface area contributed by atoms with Gasteiger partial charge in [0.2, 0.25) is 15.9 Å². The van der Waals surface area contributed by atoms with E-state index in [1.165, 1.54) is 28.6 Å². The minimum atomic E-state index is -3.76. The van der Waals surface area contributed by atoms with E-state index in [4.69, 9.17) is 27.9 Å². The van der Waals surface area contributed by atoms with Gasteiger partial charge in [0.25, 0.3) is 0 Å². The predicted molar refractivity (Wildman–Crippen MR) is 151 cm³/mol. The molecular weight excluding hydrogens is 564 g/mol. The maximum absolute atomic E-state index is 13.8. The maximum atomic E-state index is 13.8. The smallest absolute Gasteiger partial charge is 0.246 e. The zero-order chi connectivity index (χ0) is 28.2. The number of carbonyl (C=O) groups excluding carboxylic acids is 1. The van der Waals surface area contributed by atoms with Crippen molar-refractivity contribution in [3.63, 3.8) is 0 Å². The molecule has 214 valence electrons. The molecule has 39 heavy (non-hydrogen) atoms. The minimum Gasteiger partial charge on any atom is -0.370 e. The van der Waals surface area contributed by atoms with E-state index in [0.29, 0.717) is 30.3 Å². The Morgan fingerprint density at radius 2 is 1.85 bits per heavy atom. The van der Waals surface area contributed by atoms with Crippen LogP contribution in [0.4, 0.5) is 4.39 Å². The van der Waals surface area contributed by atoms with Crippen LogP contribution in [0, 0.1) is 11.7 Å². The molecule has 2 unspecified atom stereocenters. The topological polar surface area (TPSA) is 79.0 Å². The van der Waals surface area contributed by atoms with Gasteiger partial charge in [-0.05, 0) is 94.4 Å². The number of nitrogens with one attached hydrogen (secondary N) is 1. The van der Waals surface area contributed by atoms with Crippen molar-refractivity contribution in [3.8, 4) is 0 Å². The number of benzene rings is 2. The third-order valence-corrected chi connectivity index (χ3v) is 10.4. The first-order chi connectivity index (χ1) is 18.6. The monoisotopic (exact) mass is 599 g/mol. The Labute approximate surface area is 240 Å². The van der Waals surface area contributed by atoms with Crippen molar-refractivity contribution in [2.45, 2.75) is 61.5 Å². The Hall–Kier alpha value is -1.75. The second kappa shape index (κ2) is 13.3. The van der Waals surface area contributed by atoms with Gasteiger partial charge in [-0.25, -0.2) is 12.8 Å². The highest BCUT2D eigenvalue weighted by Crippen LogP contribution is 2.37. The summed E-state index contributed by atoms with van der Waals surface area (Å²) in [5.41, 5.74) is 0.975. The van der Waals surface area contributed by atoms with Gasteiger partial charge in [0.05, 0.1) is 21.5 Å². The van der Waals surface area contributed by atoms with E-state index in [0.717, 1.165) is 31.2 Å². The van der Waals surface area contributed by atoms with Gasteiger partial charge in [0.15, 0.2) is 0 Å². The third kappa shape index (κ3) is 7.51. The van der Waals surface area contributed by atoms with Crippen LogP contribution in [0.2, 0.25) is 10.0 Å². The fourth-order valence-electron chi connectivity index (χ4n) is 5.88. The van der Waals surface area contributed by atoms with Gasteiger partial charge in [-0.15, -0.1) is 0 Å². The van der Waals surface area contributed by atoms with E-state index in [1.54, 1.807) is 12.1 Å². The van der Waals surface area contributed by atoms with Crippen LogP contribution in [0.15, 0.2) is 47.4 Å². The van der Waals surface area contributed by atoms with Crippen LogP contribution in [0.25, 0.3) is 0 Å². The van der Waals surface area contributed by atoms with Gasteiger partial charge in [-0.3, -0.25) is 4.79 Å². The molecule has 2 fully saturated rings. The zero-order valence-electron chi connectivity index (χ0n) is 22.3.